The van der Waals surface area contributed by atoms with Crippen LogP contribution in [0.4, 0.5) is 20.3 Å². The number of nitrogens with two attached hydrogens (primary N) is 2. The van der Waals surface area contributed by atoms with Crippen molar-refractivity contribution in [1.82, 2.24) is 4.98 Å². The molecule has 1 aromatic rings. The quantitative estimate of drug-likeness (QED) is 0.610. The van der Waals surface area contributed by atoms with Gasteiger partial charge in [0.2, 0.25) is 0 Å². The number of hydrogen-bond donors (Lipinski definition) is 2. The number of aromatic nitrogens is 1. The van der Waals surface area contributed by atoms with Crippen LogP contribution in [0.3, 0.4) is 0 Å². The van der Waals surface area contributed by atoms with Crippen molar-refractivity contribution in [2.75, 3.05) is 11.5 Å². The van der Waals surface area contributed by atoms with Crippen LogP contribution in [0.5, 0.6) is 0 Å². The zero-order valence-electron chi connectivity index (χ0n) is 5.89. The molecule has 0 saturated carbocycles. The monoisotopic (exact) mass is 285 g/mol. The van der Waals surface area contributed by atoms with E-state index in [0.29, 0.717) is 0 Å². The van der Waals surface area contributed by atoms with E-state index in [1.54, 1.807) is 22.6 Å². The molecule has 4 N–H and O–H groups in total. The standard InChI is InChI=1S/C6H6F2IN3/c7-4(8)2-1-3(10)6(11)12-5(2)9/h1,4H,10H2,(H2,11,12). The molecule has 6 heteroatoms. The summed E-state index contributed by atoms with van der Waals surface area (Å²) in [7, 11) is 0. The molecule has 0 saturated heterocycles. The zero-order valence-corrected chi connectivity index (χ0v) is 8.05. The normalized spacial score (nSPS) is 10.7. The van der Waals surface area contributed by atoms with Crippen molar-refractivity contribution in [3.05, 3.63) is 15.3 Å². The Hall–Kier alpha value is -0.660. The van der Waals surface area contributed by atoms with E-state index in [-0.39, 0.29) is 20.8 Å². The van der Waals surface area contributed by atoms with Crippen LogP contribution in [0.2, 0.25) is 0 Å². The van der Waals surface area contributed by atoms with Crippen LogP contribution in [0.15, 0.2) is 6.07 Å². The lowest BCUT2D eigenvalue weighted by Gasteiger charge is -2.05. The second-order valence-corrected chi connectivity index (χ2v) is 3.17. The Kier molecular flexibility index (Phi) is 2.65. The van der Waals surface area contributed by atoms with Gasteiger partial charge in [-0.3, -0.25) is 0 Å². The van der Waals surface area contributed by atoms with Crippen LogP contribution in [-0.4, -0.2) is 4.98 Å². The number of hydrogen-bond acceptors (Lipinski definition) is 3. The molecule has 0 amide bonds. The molecule has 0 fully saturated rings. The predicted octanol–water partition coefficient (Wildman–Crippen LogP) is 1.79. The highest BCUT2D eigenvalue weighted by Crippen LogP contribution is 2.27. The highest BCUT2D eigenvalue weighted by molar-refractivity contribution is 14.1. The molecule has 0 aliphatic carbocycles. The van der Waals surface area contributed by atoms with E-state index < -0.39 is 6.43 Å². The molecular weight excluding hydrogens is 279 g/mol. The summed E-state index contributed by atoms with van der Waals surface area (Å²) in [6.07, 6.45) is -2.56. The summed E-state index contributed by atoms with van der Waals surface area (Å²) in [5, 5.41) is 0. The van der Waals surface area contributed by atoms with Gasteiger partial charge >= 0.3 is 0 Å². The highest BCUT2D eigenvalue weighted by atomic mass is 127. The van der Waals surface area contributed by atoms with E-state index >= 15 is 0 Å². The Morgan fingerprint density at radius 1 is 1.42 bits per heavy atom. The van der Waals surface area contributed by atoms with Gasteiger partial charge in [-0.2, -0.15) is 0 Å². The minimum atomic E-state index is -2.56. The molecule has 0 atom stereocenters. The Morgan fingerprint density at radius 3 is 2.50 bits per heavy atom. The minimum absolute atomic E-state index is 0.0869. The first-order chi connectivity index (χ1) is 5.52. The zero-order chi connectivity index (χ0) is 9.30. The maximum absolute atomic E-state index is 12.2. The molecule has 66 valence electrons. The van der Waals surface area contributed by atoms with Crippen molar-refractivity contribution in [2.24, 2.45) is 0 Å². The summed E-state index contributed by atoms with van der Waals surface area (Å²) in [6.45, 7) is 0. The lowest BCUT2D eigenvalue weighted by molar-refractivity contribution is 0.150. The topological polar surface area (TPSA) is 64.9 Å². The fraction of sp³-hybridized carbons (Fsp3) is 0.167. The SMILES string of the molecule is Nc1cc(C(F)F)c(I)nc1N. The van der Waals surface area contributed by atoms with Gasteiger partial charge in [-0.25, -0.2) is 13.8 Å². The first-order valence-corrected chi connectivity index (χ1v) is 4.09. The van der Waals surface area contributed by atoms with Crippen LogP contribution in [0.1, 0.15) is 12.0 Å². The molecule has 12 heavy (non-hydrogen) atoms. The summed E-state index contributed by atoms with van der Waals surface area (Å²) >= 11 is 1.69. The van der Waals surface area contributed by atoms with Gasteiger partial charge in [0.1, 0.15) is 9.52 Å². The molecule has 0 aliphatic rings. The lowest BCUT2D eigenvalue weighted by Crippen LogP contribution is -2.03. The van der Waals surface area contributed by atoms with Crippen LogP contribution >= 0.6 is 22.6 Å². The molecule has 1 aromatic heterocycles. The Morgan fingerprint density at radius 2 is 2.00 bits per heavy atom. The molecule has 0 spiro atoms. The number of alkyl halides is 2. The number of rotatable bonds is 1. The van der Waals surface area contributed by atoms with E-state index in [0.717, 1.165) is 6.07 Å². The van der Waals surface area contributed by atoms with E-state index in [9.17, 15) is 8.78 Å². The minimum Gasteiger partial charge on any atom is -0.396 e. The predicted molar refractivity (Wildman–Crippen MR) is 50.7 cm³/mol. The summed E-state index contributed by atoms with van der Waals surface area (Å²) in [4.78, 5) is 3.65. The molecule has 1 heterocycles. The Balaban J connectivity index is 3.23. The first kappa shape index (κ1) is 9.43. The van der Waals surface area contributed by atoms with Crippen molar-refractivity contribution in [1.29, 1.82) is 0 Å². The number of pyridine rings is 1. The molecule has 0 bridgehead atoms. The van der Waals surface area contributed by atoms with Gasteiger partial charge in [-0.15, -0.1) is 0 Å². The second kappa shape index (κ2) is 3.38. The number of anilines is 2. The largest absolute Gasteiger partial charge is 0.396 e. The van der Waals surface area contributed by atoms with Gasteiger partial charge in [0.25, 0.3) is 6.43 Å². The molecule has 0 aliphatic heterocycles. The molecular formula is C6H6F2IN3. The van der Waals surface area contributed by atoms with Crippen molar-refractivity contribution >= 4 is 34.1 Å². The maximum atomic E-state index is 12.2. The van der Waals surface area contributed by atoms with Gasteiger partial charge in [0, 0.05) is 0 Å². The van der Waals surface area contributed by atoms with E-state index in [2.05, 4.69) is 4.98 Å². The highest BCUT2D eigenvalue weighted by Gasteiger charge is 2.14. The number of nitrogens with zero attached hydrogens (tertiary/aromatic N) is 1. The van der Waals surface area contributed by atoms with Crippen LogP contribution < -0.4 is 11.5 Å². The molecule has 3 nitrogen and oxygen atoms in total. The smallest absolute Gasteiger partial charge is 0.266 e. The van der Waals surface area contributed by atoms with Gasteiger partial charge < -0.3 is 11.5 Å². The van der Waals surface area contributed by atoms with Crippen molar-refractivity contribution < 1.29 is 8.78 Å². The van der Waals surface area contributed by atoms with E-state index in [1.807, 2.05) is 0 Å². The van der Waals surface area contributed by atoms with Gasteiger partial charge in [-0.05, 0) is 28.7 Å². The Labute approximate surface area is 81.3 Å². The third kappa shape index (κ3) is 1.74. The number of nitrogen functional groups attached to an aromatic ring is 2. The van der Waals surface area contributed by atoms with E-state index in [1.165, 1.54) is 0 Å². The van der Waals surface area contributed by atoms with E-state index in [4.69, 9.17) is 11.5 Å². The summed E-state index contributed by atoms with van der Waals surface area (Å²) in [6, 6.07) is 1.15. The Bertz CT molecular complexity index is 303. The third-order valence-electron chi connectivity index (χ3n) is 1.30. The third-order valence-corrected chi connectivity index (χ3v) is 2.16. The average Bonchev–Trinajstić information content (AvgIpc) is 1.96. The maximum Gasteiger partial charge on any atom is 0.266 e. The molecule has 0 aromatic carbocycles. The van der Waals surface area contributed by atoms with Crippen LogP contribution in [0.25, 0.3) is 0 Å². The van der Waals surface area contributed by atoms with Crippen molar-refractivity contribution in [3.63, 3.8) is 0 Å². The van der Waals surface area contributed by atoms with Gasteiger partial charge in [0.05, 0.1) is 11.3 Å². The van der Waals surface area contributed by atoms with Crippen molar-refractivity contribution in [3.8, 4) is 0 Å². The first-order valence-electron chi connectivity index (χ1n) is 3.02. The van der Waals surface area contributed by atoms with Crippen LogP contribution in [-0.2, 0) is 0 Å². The van der Waals surface area contributed by atoms with Gasteiger partial charge in [-0.1, -0.05) is 0 Å². The lowest BCUT2D eigenvalue weighted by atomic mass is 10.2. The van der Waals surface area contributed by atoms with Crippen molar-refractivity contribution in [2.45, 2.75) is 6.43 Å². The molecule has 1 rings (SSSR count). The average molecular weight is 285 g/mol. The summed E-state index contributed by atoms with van der Waals surface area (Å²) in [5.74, 6) is 0.0869. The fourth-order valence-electron chi connectivity index (χ4n) is 0.689. The fourth-order valence-corrected chi connectivity index (χ4v) is 1.34. The number of halogens is 3. The molecule has 0 radical (unpaired) electrons. The summed E-state index contributed by atoms with van der Waals surface area (Å²) < 4.78 is 24.6. The van der Waals surface area contributed by atoms with Gasteiger partial charge in [0.15, 0.2) is 0 Å². The molecule has 0 unspecified atom stereocenters. The van der Waals surface area contributed by atoms with Crippen LogP contribution in [0, 0.1) is 3.70 Å². The summed E-state index contributed by atoms with van der Waals surface area (Å²) in [5.41, 5.74) is 10.5. The second-order valence-electron chi connectivity index (χ2n) is 2.14.